The van der Waals surface area contributed by atoms with Gasteiger partial charge in [0, 0.05) is 0 Å². The normalized spacial score (nSPS) is 45.0. The molecule has 1 heteroatoms. The third-order valence-electron chi connectivity index (χ3n) is 2.58. The topological polar surface area (TPSA) is 0 Å². The van der Waals surface area contributed by atoms with E-state index in [0.717, 1.165) is 19.3 Å². The van der Waals surface area contributed by atoms with Crippen LogP contribution in [-0.2, 0) is 0 Å². The van der Waals surface area contributed by atoms with Crippen molar-refractivity contribution in [2.24, 2.45) is 5.92 Å². The lowest BCUT2D eigenvalue weighted by Gasteiger charge is -2.31. The minimum atomic E-state index is -0.863. The summed E-state index contributed by atoms with van der Waals surface area (Å²) in [6.07, 6.45) is 4.15. The van der Waals surface area contributed by atoms with E-state index in [4.69, 9.17) is 0 Å². The lowest BCUT2D eigenvalue weighted by atomic mass is 9.79. The van der Waals surface area contributed by atoms with Gasteiger partial charge in [0.2, 0.25) is 0 Å². The van der Waals surface area contributed by atoms with Gasteiger partial charge >= 0.3 is 0 Å². The fraction of sp³-hybridized carbons (Fsp3) is 1.00. The Morgan fingerprint density at radius 1 is 1.44 bits per heavy atom. The molecule has 0 radical (unpaired) electrons. The first-order valence-electron chi connectivity index (χ1n) is 3.82. The van der Waals surface area contributed by atoms with Crippen molar-refractivity contribution >= 4 is 0 Å². The summed E-state index contributed by atoms with van der Waals surface area (Å²) in [5.41, 5.74) is -0.863. The van der Waals surface area contributed by atoms with Crippen LogP contribution in [0, 0.1) is 5.92 Å². The van der Waals surface area contributed by atoms with Gasteiger partial charge in [-0.2, -0.15) is 0 Å². The first-order chi connectivity index (χ1) is 4.13. The van der Waals surface area contributed by atoms with E-state index in [1.54, 1.807) is 6.92 Å². The molecule has 0 spiro atoms. The highest BCUT2D eigenvalue weighted by Gasteiger charge is 2.32. The maximum Gasteiger partial charge on any atom is 0.110 e. The van der Waals surface area contributed by atoms with E-state index in [-0.39, 0.29) is 5.92 Å². The molecule has 1 aliphatic carbocycles. The molecule has 9 heavy (non-hydrogen) atoms. The molecular weight excluding hydrogens is 115 g/mol. The SMILES string of the molecule is CC1CCCCC1(C)F. The Morgan fingerprint density at radius 3 is 2.44 bits per heavy atom. The first kappa shape index (κ1) is 7.04. The summed E-state index contributed by atoms with van der Waals surface area (Å²) in [5.74, 6) is 0.284. The molecule has 1 rings (SSSR count). The van der Waals surface area contributed by atoms with Crippen LogP contribution in [0.5, 0.6) is 0 Å². The van der Waals surface area contributed by atoms with Crippen molar-refractivity contribution in [2.75, 3.05) is 0 Å². The predicted molar refractivity (Wildman–Crippen MR) is 37.1 cm³/mol. The summed E-state index contributed by atoms with van der Waals surface area (Å²) in [7, 11) is 0. The van der Waals surface area contributed by atoms with Gasteiger partial charge in [-0.15, -0.1) is 0 Å². The van der Waals surface area contributed by atoms with Crippen LogP contribution in [0.1, 0.15) is 39.5 Å². The second-order valence-electron chi connectivity index (χ2n) is 3.42. The minimum Gasteiger partial charge on any atom is -0.244 e. The van der Waals surface area contributed by atoms with Crippen molar-refractivity contribution in [2.45, 2.75) is 45.2 Å². The van der Waals surface area contributed by atoms with Crippen LogP contribution in [0.25, 0.3) is 0 Å². The largest absolute Gasteiger partial charge is 0.244 e. The number of hydrogen-bond acceptors (Lipinski definition) is 0. The van der Waals surface area contributed by atoms with Crippen molar-refractivity contribution < 1.29 is 4.39 Å². The number of rotatable bonds is 0. The molecule has 0 N–H and O–H groups in total. The van der Waals surface area contributed by atoms with Crippen molar-refractivity contribution in [1.29, 1.82) is 0 Å². The summed E-state index contributed by atoms with van der Waals surface area (Å²) in [6, 6.07) is 0. The molecule has 1 saturated carbocycles. The Hall–Kier alpha value is -0.0700. The maximum absolute atomic E-state index is 13.3. The van der Waals surface area contributed by atoms with Crippen molar-refractivity contribution in [3.63, 3.8) is 0 Å². The molecule has 0 aromatic carbocycles. The van der Waals surface area contributed by atoms with E-state index in [1.807, 2.05) is 6.92 Å². The minimum absolute atomic E-state index is 0.284. The molecule has 0 nitrogen and oxygen atoms in total. The highest BCUT2D eigenvalue weighted by molar-refractivity contribution is 4.83. The van der Waals surface area contributed by atoms with Crippen LogP contribution in [0.2, 0.25) is 0 Å². The van der Waals surface area contributed by atoms with Gasteiger partial charge in [-0.25, -0.2) is 4.39 Å². The molecule has 0 bridgehead atoms. The Labute approximate surface area is 56.5 Å². The van der Waals surface area contributed by atoms with Crippen molar-refractivity contribution in [3.05, 3.63) is 0 Å². The molecule has 0 aliphatic heterocycles. The molecule has 0 saturated heterocycles. The van der Waals surface area contributed by atoms with Crippen molar-refractivity contribution in [1.82, 2.24) is 0 Å². The quantitative estimate of drug-likeness (QED) is 0.473. The summed E-state index contributed by atoms with van der Waals surface area (Å²) in [4.78, 5) is 0. The average Bonchev–Trinajstić information content (AvgIpc) is 1.77. The smallest absolute Gasteiger partial charge is 0.110 e. The van der Waals surface area contributed by atoms with E-state index >= 15 is 0 Å². The highest BCUT2D eigenvalue weighted by atomic mass is 19.1. The third kappa shape index (κ3) is 1.44. The summed E-state index contributed by atoms with van der Waals surface area (Å²) >= 11 is 0. The van der Waals surface area contributed by atoms with Gasteiger partial charge in [0.1, 0.15) is 5.67 Å². The standard InChI is InChI=1S/C8H15F/c1-7-5-3-4-6-8(7,2)9/h7H,3-6H2,1-2H3. The maximum atomic E-state index is 13.3. The average molecular weight is 130 g/mol. The zero-order valence-electron chi connectivity index (χ0n) is 6.28. The van der Waals surface area contributed by atoms with Gasteiger partial charge in [0.05, 0.1) is 0 Å². The number of alkyl halides is 1. The van der Waals surface area contributed by atoms with E-state index in [0.29, 0.717) is 0 Å². The van der Waals surface area contributed by atoms with Crippen LogP contribution in [0.15, 0.2) is 0 Å². The number of hydrogen-bond donors (Lipinski definition) is 0. The third-order valence-corrected chi connectivity index (χ3v) is 2.58. The van der Waals surface area contributed by atoms with Gasteiger partial charge < -0.3 is 0 Å². The molecule has 0 heterocycles. The monoisotopic (exact) mass is 130 g/mol. The molecule has 54 valence electrons. The van der Waals surface area contributed by atoms with E-state index in [9.17, 15) is 4.39 Å². The van der Waals surface area contributed by atoms with Gasteiger partial charge in [0.15, 0.2) is 0 Å². The fourth-order valence-electron chi connectivity index (χ4n) is 1.47. The molecule has 1 aliphatic rings. The van der Waals surface area contributed by atoms with Crippen molar-refractivity contribution in [3.8, 4) is 0 Å². The van der Waals surface area contributed by atoms with Gasteiger partial charge in [0.25, 0.3) is 0 Å². The molecule has 1 fully saturated rings. The van der Waals surface area contributed by atoms with Gasteiger partial charge in [-0.05, 0) is 25.7 Å². The lowest BCUT2D eigenvalue weighted by Crippen LogP contribution is -2.30. The molecule has 2 atom stereocenters. The predicted octanol–water partition coefficient (Wildman–Crippen LogP) is 2.92. The molecule has 0 aromatic heterocycles. The van der Waals surface area contributed by atoms with Crippen LogP contribution in [0.3, 0.4) is 0 Å². The summed E-state index contributed by atoms with van der Waals surface area (Å²) in [6.45, 7) is 3.75. The van der Waals surface area contributed by atoms with Crippen LogP contribution >= 0.6 is 0 Å². The summed E-state index contributed by atoms with van der Waals surface area (Å²) < 4.78 is 13.3. The Bertz CT molecular complexity index is 96.7. The Balaban J connectivity index is 2.49. The van der Waals surface area contributed by atoms with Gasteiger partial charge in [-0.3, -0.25) is 0 Å². The second kappa shape index (κ2) is 2.28. The molecule has 0 amide bonds. The zero-order valence-corrected chi connectivity index (χ0v) is 6.28. The number of halogens is 1. The van der Waals surface area contributed by atoms with Crippen LogP contribution in [-0.4, -0.2) is 5.67 Å². The van der Waals surface area contributed by atoms with E-state index in [1.165, 1.54) is 6.42 Å². The Kier molecular flexibility index (Phi) is 1.78. The van der Waals surface area contributed by atoms with Crippen LogP contribution in [0.4, 0.5) is 4.39 Å². The second-order valence-corrected chi connectivity index (χ2v) is 3.42. The molecule has 0 aromatic rings. The van der Waals surface area contributed by atoms with E-state index < -0.39 is 5.67 Å². The summed E-state index contributed by atoms with van der Waals surface area (Å²) in [5, 5.41) is 0. The zero-order chi connectivity index (χ0) is 6.91. The highest BCUT2D eigenvalue weighted by Crippen LogP contribution is 2.35. The fourth-order valence-corrected chi connectivity index (χ4v) is 1.47. The van der Waals surface area contributed by atoms with E-state index in [2.05, 4.69) is 0 Å². The molecule has 2 unspecified atom stereocenters. The van der Waals surface area contributed by atoms with Gasteiger partial charge in [-0.1, -0.05) is 19.8 Å². The van der Waals surface area contributed by atoms with Crippen LogP contribution < -0.4 is 0 Å². The lowest BCUT2D eigenvalue weighted by molar-refractivity contribution is 0.0677. The molecular formula is C8H15F. The first-order valence-corrected chi connectivity index (χ1v) is 3.82. The Morgan fingerprint density at radius 2 is 2.11 bits per heavy atom.